The van der Waals surface area contributed by atoms with E-state index in [-0.39, 0.29) is 5.91 Å². The summed E-state index contributed by atoms with van der Waals surface area (Å²) < 4.78 is 11.0. The van der Waals surface area contributed by atoms with Crippen LogP contribution in [0.3, 0.4) is 0 Å². The molecule has 0 N–H and O–H groups in total. The summed E-state index contributed by atoms with van der Waals surface area (Å²) >= 11 is 0. The third kappa shape index (κ3) is 3.44. The van der Waals surface area contributed by atoms with Crippen molar-refractivity contribution in [3.63, 3.8) is 0 Å². The predicted octanol–water partition coefficient (Wildman–Crippen LogP) is 3.11. The number of methoxy groups -OCH3 is 1. The van der Waals surface area contributed by atoms with Crippen molar-refractivity contribution in [1.82, 2.24) is 4.90 Å². The number of carbonyl (C=O) groups is 1. The molecule has 1 aliphatic heterocycles. The molecule has 1 fully saturated rings. The Morgan fingerprint density at radius 1 is 1.25 bits per heavy atom. The van der Waals surface area contributed by atoms with Gasteiger partial charge in [0.2, 0.25) is 0 Å². The number of hydrogen-bond donors (Lipinski definition) is 0. The van der Waals surface area contributed by atoms with Crippen LogP contribution in [0.2, 0.25) is 0 Å². The van der Waals surface area contributed by atoms with Crippen LogP contribution in [-0.2, 0) is 0 Å². The lowest BCUT2D eigenvalue weighted by Gasteiger charge is -2.17. The maximum atomic E-state index is 12.3. The fraction of sp³-hybridized carbons (Fsp3) is 0.562. The first-order valence-corrected chi connectivity index (χ1v) is 7.36. The highest BCUT2D eigenvalue weighted by molar-refractivity contribution is 5.95. The average molecular weight is 277 g/mol. The maximum Gasteiger partial charge on any atom is 0.253 e. The van der Waals surface area contributed by atoms with Gasteiger partial charge in [0.25, 0.3) is 5.91 Å². The van der Waals surface area contributed by atoms with E-state index in [1.165, 1.54) is 0 Å². The van der Waals surface area contributed by atoms with Crippen molar-refractivity contribution in [2.24, 2.45) is 0 Å². The van der Waals surface area contributed by atoms with Gasteiger partial charge in [-0.05, 0) is 37.5 Å². The molecule has 4 heteroatoms. The van der Waals surface area contributed by atoms with Crippen LogP contribution in [0.4, 0.5) is 0 Å². The molecule has 1 aliphatic rings. The molecule has 4 nitrogen and oxygen atoms in total. The van der Waals surface area contributed by atoms with E-state index in [1.54, 1.807) is 13.2 Å². The molecule has 0 spiro atoms. The summed E-state index contributed by atoms with van der Waals surface area (Å²) in [5.74, 6) is 1.42. The molecular formula is C16H23NO3. The van der Waals surface area contributed by atoms with Crippen LogP contribution in [-0.4, -0.2) is 37.6 Å². The third-order valence-electron chi connectivity index (χ3n) is 3.56. The second kappa shape index (κ2) is 7.17. The smallest absolute Gasteiger partial charge is 0.253 e. The number of nitrogens with zero attached hydrogens (tertiary/aromatic N) is 1. The van der Waals surface area contributed by atoms with Crippen molar-refractivity contribution in [1.29, 1.82) is 0 Å². The first-order valence-electron chi connectivity index (χ1n) is 7.36. The Kier molecular flexibility index (Phi) is 5.27. The molecule has 0 aliphatic carbocycles. The number of likely N-dealkylation sites (tertiary alicyclic amines) is 1. The van der Waals surface area contributed by atoms with E-state index in [9.17, 15) is 4.79 Å². The van der Waals surface area contributed by atoms with Gasteiger partial charge in [-0.2, -0.15) is 0 Å². The van der Waals surface area contributed by atoms with Gasteiger partial charge >= 0.3 is 0 Å². The summed E-state index contributed by atoms with van der Waals surface area (Å²) in [6, 6.07) is 5.43. The number of hydrogen-bond acceptors (Lipinski definition) is 3. The van der Waals surface area contributed by atoms with Crippen molar-refractivity contribution in [2.75, 3.05) is 26.8 Å². The van der Waals surface area contributed by atoms with Gasteiger partial charge in [0, 0.05) is 18.7 Å². The minimum Gasteiger partial charge on any atom is -0.493 e. The Labute approximate surface area is 120 Å². The van der Waals surface area contributed by atoms with Gasteiger partial charge in [0.05, 0.1) is 13.7 Å². The fourth-order valence-corrected chi connectivity index (χ4v) is 2.35. The molecule has 0 atom stereocenters. The van der Waals surface area contributed by atoms with Gasteiger partial charge in [-0.15, -0.1) is 0 Å². The van der Waals surface area contributed by atoms with Gasteiger partial charge in [0.1, 0.15) is 0 Å². The fourth-order valence-electron chi connectivity index (χ4n) is 2.35. The molecule has 0 radical (unpaired) electrons. The van der Waals surface area contributed by atoms with E-state index >= 15 is 0 Å². The van der Waals surface area contributed by atoms with Crippen molar-refractivity contribution in [3.8, 4) is 11.5 Å². The number of amides is 1. The number of carbonyl (C=O) groups excluding carboxylic acids is 1. The van der Waals surface area contributed by atoms with Gasteiger partial charge in [-0.3, -0.25) is 4.79 Å². The Bertz CT molecular complexity index is 453. The topological polar surface area (TPSA) is 38.8 Å². The zero-order valence-electron chi connectivity index (χ0n) is 12.4. The summed E-state index contributed by atoms with van der Waals surface area (Å²) in [4.78, 5) is 14.2. The average Bonchev–Trinajstić information content (AvgIpc) is 3.01. The summed E-state index contributed by atoms with van der Waals surface area (Å²) in [5.41, 5.74) is 0.673. The number of ether oxygens (including phenoxy) is 2. The van der Waals surface area contributed by atoms with Crippen LogP contribution in [0.1, 0.15) is 43.0 Å². The van der Waals surface area contributed by atoms with Gasteiger partial charge < -0.3 is 14.4 Å². The zero-order valence-corrected chi connectivity index (χ0v) is 12.4. The van der Waals surface area contributed by atoms with E-state index in [2.05, 4.69) is 6.92 Å². The Hall–Kier alpha value is -1.71. The van der Waals surface area contributed by atoms with E-state index < -0.39 is 0 Å². The molecule has 1 heterocycles. The molecule has 0 unspecified atom stereocenters. The quantitative estimate of drug-likeness (QED) is 0.750. The lowest BCUT2D eigenvalue weighted by molar-refractivity contribution is 0.0792. The first-order chi connectivity index (χ1) is 9.76. The summed E-state index contributed by atoms with van der Waals surface area (Å²) in [5, 5.41) is 0. The van der Waals surface area contributed by atoms with Crippen molar-refractivity contribution >= 4 is 5.91 Å². The summed E-state index contributed by atoms with van der Waals surface area (Å²) in [6.07, 6.45) is 4.30. The monoisotopic (exact) mass is 277 g/mol. The van der Waals surface area contributed by atoms with Crippen LogP contribution in [0.25, 0.3) is 0 Å². The van der Waals surface area contributed by atoms with Gasteiger partial charge in [-0.25, -0.2) is 0 Å². The highest BCUT2D eigenvalue weighted by atomic mass is 16.5. The van der Waals surface area contributed by atoms with Crippen LogP contribution in [0.5, 0.6) is 11.5 Å². The van der Waals surface area contributed by atoms with E-state index in [1.807, 2.05) is 17.0 Å². The van der Waals surface area contributed by atoms with Gasteiger partial charge in [-0.1, -0.05) is 13.3 Å². The minimum atomic E-state index is 0.0842. The lowest BCUT2D eigenvalue weighted by Crippen LogP contribution is -2.27. The second-order valence-electron chi connectivity index (χ2n) is 5.07. The highest BCUT2D eigenvalue weighted by Gasteiger charge is 2.20. The van der Waals surface area contributed by atoms with E-state index in [4.69, 9.17) is 9.47 Å². The molecule has 0 bridgehead atoms. The minimum absolute atomic E-state index is 0.0842. The highest BCUT2D eigenvalue weighted by Crippen LogP contribution is 2.29. The Balaban J connectivity index is 2.09. The summed E-state index contributed by atoms with van der Waals surface area (Å²) in [7, 11) is 1.60. The first kappa shape index (κ1) is 14.7. The van der Waals surface area contributed by atoms with Crippen LogP contribution < -0.4 is 9.47 Å². The molecule has 1 amide bonds. The maximum absolute atomic E-state index is 12.3. The van der Waals surface area contributed by atoms with Crippen molar-refractivity contribution < 1.29 is 14.3 Å². The van der Waals surface area contributed by atoms with Crippen LogP contribution in [0.15, 0.2) is 18.2 Å². The molecule has 1 aromatic rings. The molecule has 110 valence electrons. The lowest BCUT2D eigenvalue weighted by atomic mass is 10.1. The number of unbranched alkanes of at least 4 members (excludes halogenated alkanes) is 1. The number of benzene rings is 1. The van der Waals surface area contributed by atoms with E-state index in [0.29, 0.717) is 23.7 Å². The third-order valence-corrected chi connectivity index (χ3v) is 3.56. The van der Waals surface area contributed by atoms with Crippen molar-refractivity contribution in [2.45, 2.75) is 32.6 Å². The molecule has 2 rings (SSSR count). The van der Waals surface area contributed by atoms with E-state index in [0.717, 1.165) is 38.8 Å². The largest absolute Gasteiger partial charge is 0.493 e. The molecule has 1 aromatic carbocycles. The predicted molar refractivity (Wildman–Crippen MR) is 78.5 cm³/mol. The summed E-state index contributed by atoms with van der Waals surface area (Å²) in [6.45, 7) is 4.51. The molecule has 0 aromatic heterocycles. The Morgan fingerprint density at radius 3 is 2.65 bits per heavy atom. The molecule has 0 saturated carbocycles. The number of rotatable bonds is 6. The Morgan fingerprint density at radius 2 is 2.00 bits per heavy atom. The van der Waals surface area contributed by atoms with Crippen molar-refractivity contribution in [3.05, 3.63) is 23.8 Å². The van der Waals surface area contributed by atoms with Crippen LogP contribution in [0, 0.1) is 0 Å². The SMILES string of the molecule is CCCCOc1ccc(C(=O)N2CCCC2)cc1OC. The van der Waals surface area contributed by atoms with Crippen LogP contribution >= 0.6 is 0 Å². The molecular weight excluding hydrogens is 254 g/mol. The normalized spacial score (nSPS) is 14.4. The second-order valence-corrected chi connectivity index (χ2v) is 5.07. The molecule has 20 heavy (non-hydrogen) atoms. The molecule has 1 saturated heterocycles. The van der Waals surface area contributed by atoms with Gasteiger partial charge in [0.15, 0.2) is 11.5 Å². The zero-order chi connectivity index (χ0) is 14.4. The standard InChI is InChI=1S/C16H23NO3/c1-3-4-11-20-14-8-7-13(12-15(14)19-2)16(18)17-9-5-6-10-17/h7-8,12H,3-6,9-11H2,1-2H3.